The van der Waals surface area contributed by atoms with Crippen molar-refractivity contribution in [3.63, 3.8) is 0 Å². The maximum absolute atomic E-state index is 12.2. The van der Waals surface area contributed by atoms with Crippen LogP contribution in [-0.4, -0.2) is 18.0 Å². The first-order valence-corrected chi connectivity index (χ1v) is 9.10. The van der Waals surface area contributed by atoms with Crippen LogP contribution in [-0.2, 0) is 29.4 Å². The first-order chi connectivity index (χ1) is 10.9. The van der Waals surface area contributed by atoms with E-state index in [9.17, 15) is 8.42 Å². The van der Waals surface area contributed by atoms with Gasteiger partial charge in [-0.3, -0.25) is 0 Å². The van der Waals surface area contributed by atoms with E-state index < -0.39 is 10.0 Å². The number of nitrogens with zero attached hydrogens (tertiary/aromatic N) is 2. The van der Waals surface area contributed by atoms with Gasteiger partial charge in [-0.25, -0.2) is 18.1 Å². The minimum absolute atomic E-state index is 0.0892. The highest BCUT2D eigenvalue weighted by Gasteiger charge is 2.14. The molecule has 2 aromatic carbocycles. The van der Waals surface area contributed by atoms with Gasteiger partial charge in [0.2, 0.25) is 10.0 Å². The second-order valence-corrected chi connectivity index (χ2v) is 7.53. The van der Waals surface area contributed by atoms with Crippen LogP contribution < -0.4 is 4.72 Å². The monoisotopic (exact) mass is 349 g/mol. The van der Waals surface area contributed by atoms with Crippen molar-refractivity contribution in [3.05, 3.63) is 64.9 Å². The molecule has 0 amide bonds. The van der Waals surface area contributed by atoms with E-state index in [1.54, 1.807) is 24.3 Å². The molecule has 5 nitrogen and oxygen atoms in total. The maximum atomic E-state index is 12.2. The maximum Gasteiger partial charge on any atom is 0.216 e. The van der Waals surface area contributed by atoms with E-state index in [0.717, 1.165) is 11.0 Å². The fourth-order valence-corrected chi connectivity index (χ4v) is 3.59. The van der Waals surface area contributed by atoms with Gasteiger partial charge >= 0.3 is 0 Å². The predicted octanol–water partition coefficient (Wildman–Crippen LogP) is 2.85. The molecule has 0 fully saturated rings. The lowest BCUT2D eigenvalue weighted by Crippen LogP contribution is -2.26. The van der Waals surface area contributed by atoms with E-state index in [0.29, 0.717) is 16.4 Å². The Labute approximate surface area is 140 Å². The topological polar surface area (TPSA) is 64.0 Å². The van der Waals surface area contributed by atoms with Gasteiger partial charge in [-0.2, -0.15) is 0 Å². The van der Waals surface area contributed by atoms with Crippen LogP contribution in [0, 0.1) is 0 Å². The number of benzene rings is 2. The molecule has 0 atom stereocenters. The number of aryl methyl sites for hydroxylation is 1. The zero-order chi connectivity index (χ0) is 16.4. The van der Waals surface area contributed by atoms with Gasteiger partial charge in [0, 0.05) is 12.1 Å². The summed E-state index contributed by atoms with van der Waals surface area (Å²) in [6.07, 6.45) is 0. The minimum atomic E-state index is -3.45. The highest BCUT2D eigenvalue weighted by Crippen LogP contribution is 2.15. The number of aromatic nitrogens is 2. The average Bonchev–Trinajstić information content (AvgIpc) is 2.84. The number of nitrogens with one attached hydrogen (secondary N) is 1. The summed E-state index contributed by atoms with van der Waals surface area (Å²) < 4.78 is 28.9. The van der Waals surface area contributed by atoms with Gasteiger partial charge in [0.05, 0.1) is 23.3 Å². The molecule has 0 aliphatic carbocycles. The van der Waals surface area contributed by atoms with Crippen molar-refractivity contribution >= 4 is 32.7 Å². The van der Waals surface area contributed by atoms with Gasteiger partial charge in [-0.05, 0) is 29.8 Å². The molecule has 0 unspecified atom stereocenters. The number of hydrogen-bond donors (Lipinski definition) is 1. The highest BCUT2D eigenvalue weighted by molar-refractivity contribution is 7.88. The van der Waals surface area contributed by atoms with Crippen LogP contribution in [0.1, 0.15) is 11.4 Å². The van der Waals surface area contributed by atoms with Crippen LogP contribution in [0.15, 0.2) is 48.5 Å². The van der Waals surface area contributed by atoms with Crippen molar-refractivity contribution in [1.82, 2.24) is 14.3 Å². The van der Waals surface area contributed by atoms with Crippen LogP contribution in [0.5, 0.6) is 0 Å². The summed E-state index contributed by atoms with van der Waals surface area (Å²) in [5.74, 6) is 0.583. The van der Waals surface area contributed by atoms with E-state index in [2.05, 4.69) is 9.71 Å². The molecule has 23 heavy (non-hydrogen) atoms. The van der Waals surface area contributed by atoms with Crippen molar-refractivity contribution in [2.24, 2.45) is 7.05 Å². The summed E-state index contributed by atoms with van der Waals surface area (Å²) in [6, 6.07) is 14.5. The molecule has 0 saturated carbocycles. The number of rotatable bonds is 5. The summed E-state index contributed by atoms with van der Waals surface area (Å²) in [5, 5.41) is 0.582. The molecular weight excluding hydrogens is 334 g/mol. The third kappa shape index (κ3) is 3.72. The van der Waals surface area contributed by atoms with Crippen molar-refractivity contribution in [1.29, 1.82) is 0 Å². The fourth-order valence-electron chi connectivity index (χ4n) is 2.38. The molecule has 3 rings (SSSR count). The summed E-state index contributed by atoms with van der Waals surface area (Å²) >= 11 is 5.80. The van der Waals surface area contributed by atoms with E-state index in [4.69, 9.17) is 11.6 Å². The number of imidazole rings is 1. The van der Waals surface area contributed by atoms with Crippen molar-refractivity contribution in [2.45, 2.75) is 12.3 Å². The third-order valence-electron chi connectivity index (χ3n) is 3.60. The van der Waals surface area contributed by atoms with Gasteiger partial charge in [0.1, 0.15) is 5.82 Å². The lowest BCUT2D eigenvalue weighted by molar-refractivity contribution is 0.577. The molecular formula is C16H16ClN3O2S. The largest absolute Gasteiger partial charge is 0.330 e. The Morgan fingerprint density at radius 2 is 1.83 bits per heavy atom. The standard InChI is InChI=1S/C16H16ClN3O2S/c1-20-15-5-3-2-4-14(15)19-16(20)10-18-23(21,22)11-12-6-8-13(17)9-7-12/h2-9,18H,10-11H2,1H3. The zero-order valence-electron chi connectivity index (χ0n) is 12.5. The molecule has 0 aliphatic rings. The van der Waals surface area contributed by atoms with Crippen LogP contribution >= 0.6 is 11.6 Å². The molecule has 1 N–H and O–H groups in total. The van der Waals surface area contributed by atoms with Gasteiger partial charge in [0.15, 0.2) is 0 Å². The fraction of sp³-hybridized carbons (Fsp3) is 0.188. The molecule has 1 aromatic heterocycles. The number of hydrogen-bond acceptors (Lipinski definition) is 3. The van der Waals surface area contributed by atoms with Crippen molar-refractivity contribution < 1.29 is 8.42 Å². The number of fused-ring (bicyclic) bond motifs is 1. The summed E-state index contributed by atoms with van der Waals surface area (Å²) in [6.45, 7) is 0.154. The van der Waals surface area contributed by atoms with Gasteiger partial charge in [0.25, 0.3) is 0 Å². The lowest BCUT2D eigenvalue weighted by Gasteiger charge is -2.07. The molecule has 0 radical (unpaired) electrons. The number of para-hydroxylation sites is 2. The van der Waals surface area contributed by atoms with Gasteiger partial charge in [-0.1, -0.05) is 35.9 Å². The van der Waals surface area contributed by atoms with E-state index in [1.807, 2.05) is 35.9 Å². The molecule has 120 valence electrons. The average molecular weight is 350 g/mol. The van der Waals surface area contributed by atoms with E-state index >= 15 is 0 Å². The molecule has 0 saturated heterocycles. The number of sulfonamides is 1. The quantitative estimate of drug-likeness (QED) is 0.770. The molecule has 0 aliphatic heterocycles. The molecule has 3 aromatic rings. The predicted molar refractivity (Wildman–Crippen MR) is 91.6 cm³/mol. The third-order valence-corrected chi connectivity index (χ3v) is 5.15. The van der Waals surface area contributed by atoms with Crippen LogP contribution in [0.2, 0.25) is 5.02 Å². The summed E-state index contributed by atoms with van der Waals surface area (Å²) in [5.41, 5.74) is 2.51. The summed E-state index contributed by atoms with van der Waals surface area (Å²) in [4.78, 5) is 4.45. The number of halogens is 1. The van der Waals surface area contributed by atoms with E-state index in [1.165, 1.54) is 0 Å². The van der Waals surface area contributed by atoms with Gasteiger partial charge in [-0.15, -0.1) is 0 Å². The van der Waals surface area contributed by atoms with Crippen molar-refractivity contribution in [2.75, 3.05) is 0 Å². The van der Waals surface area contributed by atoms with E-state index in [-0.39, 0.29) is 12.3 Å². The normalized spacial score (nSPS) is 11.9. The Hall–Kier alpha value is -1.89. The van der Waals surface area contributed by atoms with Crippen LogP contribution in [0.3, 0.4) is 0 Å². The summed E-state index contributed by atoms with van der Waals surface area (Å²) in [7, 11) is -1.57. The Bertz CT molecular complexity index is 934. The van der Waals surface area contributed by atoms with Gasteiger partial charge < -0.3 is 4.57 Å². The SMILES string of the molecule is Cn1c(CNS(=O)(=O)Cc2ccc(Cl)cc2)nc2ccccc21. The molecule has 1 heterocycles. The smallest absolute Gasteiger partial charge is 0.216 e. The molecule has 0 spiro atoms. The Morgan fingerprint density at radius 1 is 1.13 bits per heavy atom. The minimum Gasteiger partial charge on any atom is -0.330 e. The molecule has 7 heteroatoms. The Morgan fingerprint density at radius 3 is 2.52 bits per heavy atom. The zero-order valence-corrected chi connectivity index (χ0v) is 14.1. The molecule has 0 bridgehead atoms. The second kappa shape index (κ2) is 6.31. The van der Waals surface area contributed by atoms with Crippen LogP contribution in [0.25, 0.3) is 11.0 Å². The Kier molecular flexibility index (Phi) is 4.39. The second-order valence-electron chi connectivity index (χ2n) is 5.28. The first kappa shape index (κ1) is 16.0. The van der Waals surface area contributed by atoms with Crippen molar-refractivity contribution in [3.8, 4) is 0 Å². The lowest BCUT2D eigenvalue weighted by atomic mass is 10.2. The highest BCUT2D eigenvalue weighted by atomic mass is 35.5. The first-order valence-electron chi connectivity index (χ1n) is 7.07. The Balaban J connectivity index is 1.73. The van der Waals surface area contributed by atoms with Crippen LogP contribution in [0.4, 0.5) is 0 Å².